The molecule has 122 valence electrons. The van der Waals surface area contributed by atoms with E-state index in [1.165, 1.54) is 7.11 Å². The minimum atomic E-state index is -0.521. The van der Waals surface area contributed by atoms with Gasteiger partial charge in [-0.25, -0.2) is 9.59 Å². The Balaban J connectivity index is 2.52. The van der Waals surface area contributed by atoms with Gasteiger partial charge in [0.15, 0.2) is 0 Å². The average molecular weight is 308 g/mol. The highest BCUT2D eigenvalue weighted by Gasteiger charge is 2.15. The molecule has 0 atom stereocenters. The van der Waals surface area contributed by atoms with Crippen LogP contribution in [-0.2, 0) is 9.47 Å². The number of rotatable bonds is 5. The van der Waals surface area contributed by atoms with Crippen molar-refractivity contribution in [2.24, 2.45) is 0 Å². The number of methoxy groups -OCH3 is 1. The normalized spacial score (nSPS) is 10.8. The molecule has 0 saturated heterocycles. The number of carbonyl (C=O) groups is 2. The van der Waals surface area contributed by atoms with E-state index in [0.717, 1.165) is 5.56 Å². The first-order chi connectivity index (χ1) is 10.2. The molecule has 6 nitrogen and oxygen atoms in total. The van der Waals surface area contributed by atoms with Crippen molar-refractivity contribution < 1.29 is 19.1 Å². The summed E-state index contributed by atoms with van der Waals surface area (Å²) >= 11 is 0. The molecule has 0 radical (unpaired) electrons. The standard InChI is InChI=1S/C16H24N2O4/c1-11-6-7-13(12(10-11)14(19)21-5)17-8-9-18-15(20)22-16(2,3)4/h6-7,10,17H,8-9H2,1-5H3,(H,18,20). The van der Waals surface area contributed by atoms with Gasteiger partial charge in [-0.15, -0.1) is 0 Å². The van der Waals surface area contributed by atoms with Crippen LogP contribution in [0.15, 0.2) is 18.2 Å². The number of esters is 1. The molecule has 6 heteroatoms. The van der Waals surface area contributed by atoms with Gasteiger partial charge in [-0.3, -0.25) is 0 Å². The molecule has 0 aromatic heterocycles. The lowest BCUT2D eigenvalue weighted by Crippen LogP contribution is -2.35. The highest BCUT2D eigenvalue weighted by molar-refractivity contribution is 5.95. The number of hydrogen-bond acceptors (Lipinski definition) is 5. The number of alkyl carbamates (subject to hydrolysis) is 1. The van der Waals surface area contributed by atoms with Crippen molar-refractivity contribution in [3.05, 3.63) is 29.3 Å². The molecular formula is C16H24N2O4. The Hall–Kier alpha value is -2.24. The van der Waals surface area contributed by atoms with Crippen LogP contribution in [0.4, 0.5) is 10.5 Å². The number of ether oxygens (including phenoxy) is 2. The lowest BCUT2D eigenvalue weighted by molar-refractivity contribution is 0.0528. The van der Waals surface area contributed by atoms with Crippen molar-refractivity contribution in [2.75, 3.05) is 25.5 Å². The molecule has 0 saturated carbocycles. The van der Waals surface area contributed by atoms with Gasteiger partial charge in [0.2, 0.25) is 0 Å². The van der Waals surface area contributed by atoms with Crippen LogP contribution in [0.5, 0.6) is 0 Å². The molecule has 0 aliphatic rings. The fourth-order valence-corrected chi connectivity index (χ4v) is 1.77. The summed E-state index contributed by atoms with van der Waals surface area (Å²) in [5.41, 5.74) is 1.59. The monoisotopic (exact) mass is 308 g/mol. The van der Waals surface area contributed by atoms with Crippen molar-refractivity contribution in [3.8, 4) is 0 Å². The van der Waals surface area contributed by atoms with E-state index >= 15 is 0 Å². The number of nitrogens with one attached hydrogen (secondary N) is 2. The highest BCUT2D eigenvalue weighted by atomic mass is 16.6. The van der Waals surface area contributed by atoms with E-state index < -0.39 is 17.7 Å². The van der Waals surface area contributed by atoms with Crippen LogP contribution in [0, 0.1) is 6.92 Å². The summed E-state index contributed by atoms with van der Waals surface area (Å²) in [6.45, 7) is 8.16. The smallest absolute Gasteiger partial charge is 0.407 e. The third-order valence-electron chi connectivity index (χ3n) is 2.69. The van der Waals surface area contributed by atoms with Gasteiger partial charge in [-0.05, 0) is 39.8 Å². The summed E-state index contributed by atoms with van der Waals surface area (Å²) < 4.78 is 9.90. The van der Waals surface area contributed by atoms with E-state index in [2.05, 4.69) is 10.6 Å². The van der Waals surface area contributed by atoms with Gasteiger partial charge < -0.3 is 20.1 Å². The van der Waals surface area contributed by atoms with Gasteiger partial charge in [-0.2, -0.15) is 0 Å². The summed E-state index contributed by atoms with van der Waals surface area (Å²) in [5, 5.41) is 5.75. The van der Waals surface area contributed by atoms with Crippen LogP contribution in [0.2, 0.25) is 0 Å². The zero-order valence-corrected chi connectivity index (χ0v) is 13.8. The van der Waals surface area contributed by atoms with E-state index in [0.29, 0.717) is 24.3 Å². The summed E-state index contributed by atoms with van der Waals surface area (Å²) in [7, 11) is 1.35. The van der Waals surface area contributed by atoms with E-state index in [1.54, 1.807) is 26.8 Å². The van der Waals surface area contributed by atoms with Gasteiger partial charge >= 0.3 is 12.1 Å². The van der Waals surface area contributed by atoms with Gasteiger partial charge in [0.1, 0.15) is 5.60 Å². The molecule has 0 fully saturated rings. The number of carbonyl (C=O) groups excluding carboxylic acids is 2. The second-order valence-corrected chi connectivity index (χ2v) is 5.90. The van der Waals surface area contributed by atoms with Gasteiger partial charge in [0, 0.05) is 18.8 Å². The van der Waals surface area contributed by atoms with E-state index in [9.17, 15) is 9.59 Å². The molecular weight excluding hydrogens is 284 g/mol. The average Bonchev–Trinajstić information content (AvgIpc) is 2.42. The molecule has 0 aliphatic carbocycles. The Morgan fingerprint density at radius 1 is 1.18 bits per heavy atom. The highest BCUT2D eigenvalue weighted by Crippen LogP contribution is 2.18. The molecule has 0 heterocycles. The fourth-order valence-electron chi connectivity index (χ4n) is 1.77. The number of anilines is 1. The van der Waals surface area contributed by atoms with Crippen LogP contribution in [0.25, 0.3) is 0 Å². The van der Waals surface area contributed by atoms with Gasteiger partial charge in [-0.1, -0.05) is 11.6 Å². The first-order valence-corrected chi connectivity index (χ1v) is 7.12. The van der Waals surface area contributed by atoms with Crippen LogP contribution >= 0.6 is 0 Å². The Bertz CT molecular complexity index is 535. The van der Waals surface area contributed by atoms with Crippen LogP contribution in [0.3, 0.4) is 0 Å². The lowest BCUT2D eigenvalue weighted by atomic mass is 10.1. The molecule has 22 heavy (non-hydrogen) atoms. The summed E-state index contributed by atoms with van der Waals surface area (Å²) in [5.74, 6) is -0.397. The Kier molecular flexibility index (Phi) is 6.22. The maximum absolute atomic E-state index is 11.7. The van der Waals surface area contributed by atoms with Crippen molar-refractivity contribution in [3.63, 3.8) is 0 Å². The fraction of sp³-hybridized carbons (Fsp3) is 0.500. The molecule has 2 N–H and O–H groups in total. The number of aryl methyl sites for hydroxylation is 1. The van der Waals surface area contributed by atoms with Crippen molar-refractivity contribution in [2.45, 2.75) is 33.3 Å². The van der Waals surface area contributed by atoms with Crippen molar-refractivity contribution in [1.82, 2.24) is 5.32 Å². The van der Waals surface area contributed by atoms with E-state index in [-0.39, 0.29) is 0 Å². The van der Waals surface area contributed by atoms with Crippen molar-refractivity contribution >= 4 is 17.7 Å². The van der Waals surface area contributed by atoms with Crippen molar-refractivity contribution in [1.29, 1.82) is 0 Å². The summed E-state index contributed by atoms with van der Waals surface area (Å²) in [4.78, 5) is 23.2. The zero-order chi connectivity index (χ0) is 16.8. The largest absolute Gasteiger partial charge is 0.465 e. The molecule has 0 spiro atoms. The minimum absolute atomic E-state index is 0.378. The topological polar surface area (TPSA) is 76.7 Å². The third-order valence-corrected chi connectivity index (χ3v) is 2.69. The number of benzene rings is 1. The van der Waals surface area contributed by atoms with Crippen LogP contribution in [0.1, 0.15) is 36.7 Å². The van der Waals surface area contributed by atoms with Gasteiger partial charge in [0.25, 0.3) is 0 Å². The third kappa shape index (κ3) is 6.03. The Morgan fingerprint density at radius 2 is 1.86 bits per heavy atom. The first kappa shape index (κ1) is 17.8. The minimum Gasteiger partial charge on any atom is -0.465 e. The maximum atomic E-state index is 11.7. The molecule has 1 aromatic rings. The molecule has 1 rings (SSSR count). The number of amides is 1. The first-order valence-electron chi connectivity index (χ1n) is 7.12. The number of hydrogen-bond donors (Lipinski definition) is 2. The summed E-state index contributed by atoms with van der Waals surface area (Å²) in [6.07, 6.45) is -0.466. The molecule has 0 bridgehead atoms. The zero-order valence-electron chi connectivity index (χ0n) is 13.8. The Labute approximate surface area is 131 Å². The molecule has 0 aliphatic heterocycles. The predicted molar refractivity (Wildman–Crippen MR) is 85.2 cm³/mol. The predicted octanol–water partition coefficient (Wildman–Crippen LogP) is 2.72. The summed E-state index contributed by atoms with van der Waals surface area (Å²) in [6, 6.07) is 5.47. The van der Waals surface area contributed by atoms with Crippen LogP contribution in [-0.4, -0.2) is 37.9 Å². The molecule has 1 aromatic carbocycles. The van der Waals surface area contributed by atoms with E-state index in [4.69, 9.17) is 9.47 Å². The lowest BCUT2D eigenvalue weighted by Gasteiger charge is -2.19. The van der Waals surface area contributed by atoms with Gasteiger partial charge in [0.05, 0.1) is 12.7 Å². The quantitative estimate of drug-likeness (QED) is 0.646. The van der Waals surface area contributed by atoms with Crippen LogP contribution < -0.4 is 10.6 Å². The SMILES string of the molecule is COC(=O)c1cc(C)ccc1NCCNC(=O)OC(C)(C)C. The second kappa shape index (κ2) is 7.68. The second-order valence-electron chi connectivity index (χ2n) is 5.90. The maximum Gasteiger partial charge on any atom is 0.407 e. The Morgan fingerprint density at radius 3 is 2.45 bits per heavy atom. The van der Waals surface area contributed by atoms with E-state index in [1.807, 2.05) is 19.1 Å². The molecule has 0 unspecified atom stereocenters. The molecule has 1 amide bonds.